The van der Waals surface area contributed by atoms with Crippen LogP contribution in [0.3, 0.4) is 0 Å². The van der Waals surface area contributed by atoms with E-state index < -0.39 is 45.4 Å². The van der Waals surface area contributed by atoms with Crippen molar-refractivity contribution < 1.29 is 32.7 Å². The summed E-state index contributed by atoms with van der Waals surface area (Å²) < 4.78 is 42.3. The molecule has 11 nitrogen and oxygen atoms in total. The quantitative estimate of drug-likeness (QED) is 0.0817. The number of nitrogens with zero attached hydrogens (tertiary/aromatic N) is 2. The fraction of sp³-hybridized carbons (Fsp3) is 0.417. The lowest BCUT2D eigenvalue weighted by Crippen LogP contribution is -2.59. The van der Waals surface area contributed by atoms with Crippen molar-refractivity contribution in [1.82, 2.24) is 20.3 Å². The molecule has 13 heteroatoms. The minimum absolute atomic E-state index is 0.000557. The molecule has 266 valence electrons. The molecule has 49 heavy (non-hydrogen) atoms. The summed E-state index contributed by atoms with van der Waals surface area (Å²) in [5.41, 5.74) is 1.25. The lowest BCUT2D eigenvalue weighted by molar-refractivity contribution is -0.132. The molecule has 3 rings (SSSR count). The van der Waals surface area contributed by atoms with Crippen LogP contribution in [0.4, 0.5) is 4.39 Å². The summed E-state index contributed by atoms with van der Waals surface area (Å²) in [4.78, 5) is 26.8. The summed E-state index contributed by atoms with van der Waals surface area (Å²) in [6, 6.07) is 19.1. The van der Waals surface area contributed by atoms with Crippen LogP contribution in [-0.4, -0.2) is 78.9 Å². The zero-order chi connectivity index (χ0) is 36.2. The highest BCUT2D eigenvalue weighted by Crippen LogP contribution is 2.22. The van der Waals surface area contributed by atoms with Gasteiger partial charge in [0.1, 0.15) is 11.9 Å². The number of oxime groups is 1. The van der Waals surface area contributed by atoms with Gasteiger partial charge in [-0.2, -0.15) is 4.31 Å². The van der Waals surface area contributed by atoms with E-state index in [9.17, 15) is 27.5 Å². The van der Waals surface area contributed by atoms with Crippen LogP contribution >= 0.6 is 0 Å². The molecule has 3 aromatic rings. The second-order valence-electron chi connectivity index (χ2n) is 13.5. The molecule has 0 unspecified atom stereocenters. The molecule has 0 aromatic heterocycles. The molecule has 0 fully saturated rings. The third kappa shape index (κ3) is 12.3. The van der Waals surface area contributed by atoms with Gasteiger partial charge in [-0.05, 0) is 58.7 Å². The standard InChI is InChI=1S/C36H48FN5O6S/c1-25(2)23-42(49(47,48)30-16-14-27(15-17-30)21-39-46)24-32(43)31(19-26-10-7-6-8-11-26)40-35(45)34(36(3,4)5)41-33(44)22-38-20-28-12-9-13-29(37)18-28/h6-18,21,25,31-32,34,38,43,46H,19-20,22-24H2,1-5H3,(H,40,45)(H,41,44)/b39-21+/t31-,32+,34+/m0/s1. The Labute approximate surface area is 288 Å². The Morgan fingerprint density at radius 1 is 0.939 bits per heavy atom. The Morgan fingerprint density at radius 2 is 1.59 bits per heavy atom. The van der Waals surface area contributed by atoms with E-state index in [1.54, 1.807) is 32.9 Å². The molecule has 2 amide bonds. The molecule has 0 spiro atoms. The van der Waals surface area contributed by atoms with Crippen molar-refractivity contribution in [2.45, 2.75) is 70.7 Å². The number of carbonyl (C=O) groups is 2. The van der Waals surface area contributed by atoms with Crippen molar-refractivity contribution in [3.8, 4) is 0 Å². The van der Waals surface area contributed by atoms with Gasteiger partial charge in [0.25, 0.3) is 0 Å². The molecule has 0 aliphatic carbocycles. The topological polar surface area (TPSA) is 160 Å². The predicted molar refractivity (Wildman–Crippen MR) is 187 cm³/mol. The zero-order valence-corrected chi connectivity index (χ0v) is 29.5. The average molecular weight is 698 g/mol. The minimum Gasteiger partial charge on any atom is -0.411 e. The Kier molecular flexibility index (Phi) is 14.4. The molecule has 3 atom stereocenters. The first-order valence-electron chi connectivity index (χ1n) is 16.1. The number of sulfonamides is 1. The first-order valence-corrected chi connectivity index (χ1v) is 17.6. The maximum absolute atomic E-state index is 13.9. The highest BCUT2D eigenvalue weighted by atomic mass is 32.2. The van der Waals surface area contributed by atoms with E-state index >= 15 is 0 Å². The van der Waals surface area contributed by atoms with Crippen LogP contribution in [0.5, 0.6) is 0 Å². The van der Waals surface area contributed by atoms with Gasteiger partial charge in [-0.1, -0.05) is 94.4 Å². The first-order chi connectivity index (χ1) is 23.1. The monoisotopic (exact) mass is 697 g/mol. The van der Waals surface area contributed by atoms with Gasteiger partial charge in [0.2, 0.25) is 21.8 Å². The Balaban J connectivity index is 1.82. The number of halogens is 1. The van der Waals surface area contributed by atoms with E-state index in [-0.39, 0.29) is 49.2 Å². The van der Waals surface area contributed by atoms with E-state index in [1.165, 1.54) is 46.9 Å². The van der Waals surface area contributed by atoms with E-state index in [2.05, 4.69) is 21.1 Å². The minimum atomic E-state index is -4.08. The summed E-state index contributed by atoms with van der Waals surface area (Å²) in [6.45, 7) is 9.05. The largest absolute Gasteiger partial charge is 0.411 e. The summed E-state index contributed by atoms with van der Waals surface area (Å²) in [5.74, 6) is -1.45. The van der Waals surface area contributed by atoms with Gasteiger partial charge in [0, 0.05) is 19.6 Å². The molecule has 0 radical (unpaired) electrons. The third-order valence-electron chi connectivity index (χ3n) is 7.71. The van der Waals surface area contributed by atoms with Crippen molar-refractivity contribution in [2.24, 2.45) is 16.5 Å². The predicted octanol–water partition coefficient (Wildman–Crippen LogP) is 3.69. The smallest absolute Gasteiger partial charge is 0.243 e. The third-order valence-corrected chi connectivity index (χ3v) is 9.56. The lowest BCUT2D eigenvalue weighted by Gasteiger charge is -2.34. The van der Waals surface area contributed by atoms with Gasteiger partial charge in [-0.3, -0.25) is 9.59 Å². The van der Waals surface area contributed by atoms with Crippen molar-refractivity contribution in [3.05, 3.63) is 101 Å². The molecule has 0 aliphatic heterocycles. The summed E-state index contributed by atoms with van der Waals surface area (Å²) in [6.07, 6.45) is 0.0424. The van der Waals surface area contributed by atoms with Crippen molar-refractivity contribution in [1.29, 1.82) is 0 Å². The molecule has 0 bridgehead atoms. The Bertz CT molecular complexity index is 1650. The number of rotatable bonds is 17. The summed E-state index contributed by atoms with van der Waals surface area (Å²) in [7, 11) is -4.08. The molecule has 0 saturated heterocycles. The van der Waals surface area contributed by atoms with Crippen molar-refractivity contribution in [3.63, 3.8) is 0 Å². The van der Waals surface area contributed by atoms with E-state index in [4.69, 9.17) is 5.21 Å². The van der Waals surface area contributed by atoms with E-state index in [0.717, 1.165) is 5.56 Å². The van der Waals surface area contributed by atoms with Crippen LogP contribution in [0.2, 0.25) is 0 Å². The summed E-state index contributed by atoms with van der Waals surface area (Å²) >= 11 is 0. The van der Waals surface area contributed by atoms with Gasteiger partial charge in [0.05, 0.1) is 29.8 Å². The molecular weight excluding hydrogens is 649 g/mol. The molecule has 0 aliphatic rings. The van der Waals surface area contributed by atoms with Crippen LogP contribution in [0.1, 0.15) is 51.3 Å². The molecule has 5 N–H and O–H groups in total. The van der Waals surface area contributed by atoms with E-state index in [0.29, 0.717) is 11.1 Å². The second-order valence-corrected chi connectivity index (χ2v) is 15.4. The van der Waals surface area contributed by atoms with Crippen LogP contribution in [-0.2, 0) is 32.6 Å². The number of benzene rings is 3. The van der Waals surface area contributed by atoms with Crippen molar-refractivity contribution >= 4 is 28.1 Å². The number of hydrogen-bond acceptors (Lipinski definition) is 8. The van der Waals surface area contributed by atoms with Gasteiger partial charge in [-0.15, -0.1) is 0 Å². The molecular formula is C36H48FN5O6S. The van der Waals surface area contributed by atoms with Crippen LogP contribution in [0.15, 0.2) is 88.9 Å². The second kappa shape index (κ2) is 18.0. The number of amides is 2. The molecule has 0 saturated carbocycles. The highest BCUT2D eigenvalue weighted by molar-refractivity contribution is 7.89. The van der Waals surface area contributed by atoms with Gasteiger partial charge in [0.15, 0.2) is 0 Å². The number of hydrogen-bond donors (Lipinski definition) is 5. The Morgan fingerprint density at radius 3 is 2.18 bits per heavy atom. The zero-order valence-electron chi connectivity index (χ0n) is 28.6. The van der Waals surface area contributed by atoms with Gasteiger partial charge < -0.3 is 26.3 Å². The highest BCUT2D eigenvalue weighted by Gasteiger charge is 2.36. The summed E-state index contributed by atoms with van der Waals surface area (Å²) in [5, 5.41) is 32.1. The van der Waals surface area contributed by atoms with Crippen molar-refractivity contribution in [2.75, 3.05) is 19.6 Å². The number of nitrogens with one attached hydrogen (secondary N) is 3. The average Bonchev–Trinajstić information content (AvgIpc) is 3.03. The van der Waals surface area contributed by atoms with Crippen LogP contribution < -0.4 is 16.0 Å². The maximum Gasteiger partial charge on any atom is 0.243 e. The fourth-order valence-corrected chi connectivity index (χ4v) is 6.85. The first kappa shape index (κ1) is 39.3. The maximum atomic E-state index is 13.9. The molecule has 0 heterocycles. The normalized spacial score (nSPS) is 14.1. The van der Waals surface area contributed by atoms with Gasteiger partial charge in [-0.25, -0.2) is 12.8 Å². The molecule has 3 aromatic carbocycles. The SMILES string of the molecule is CC(C)CN(C[C@@H](O)[C@H](Cc1ccccc1)NC(=O)[C@@H](NC(=O)CNCc1cccc(F)c1)C(C)(C)C)S(=O)(=O)c1ccc(/C=N/O)cc1. The van der Waals surface area contributed by atoms with Gasteiger partial charge >= 0.3 is 0 Å². The number of aliphatic hydroxyl groups is 1. The van der Waals surface area contributed by atoms with Crippen LogP contribution in [0.25, 0.3) is 0 Å². The van der Waals surface area contributed by atoms with E-state index in [1.807, 2.05) is 44.2 Å². The van der Waals surface area contributed by atoms with Crippen LogP contribution in [0, 0.1) is 17.2 Å². The lowest BCUT2D eigenvalue weighted by atomic mass is 9.85. The number of aliphatic hydroxyl groups excluding tert-OH is 1. The Hall–Kier alpha value is -4.17. The number of carbonyl (C=O) groups excluding carboxylic acids is 2. The fourth-order valence-electron chi connectivity index (χ4n) is 5.23.